The summed E-state index contributed by atoms with van der Waals surface area (Å²) in [5.74, 6) is 0. The van der Waals surface area contributed by atoms with Crippen molar-refractivity contribution >= 4 is 17.3 Å². The average molecular weight is 203 g/mol. The molecule has 1 aromatic rings. The zero-order chi connectivity index (χ0) is 9.84. The summed E-state index contributed by atoms with van der Waals surface area (Å²) in [7, 11) is 1.26. The Labute approximate surface area is 80.2 Å². The summed E-state index contributed by atoms with van der Waals surface area (Å²) in [6.07, 6.45) is 0. The van der Waals surface area contributed by atoms with Gasteiger partial charge in [0.1, 0.15) is 0 Å². The van der Waals surface area contributed by atoms with E-state index in [-0.39, 0.29) is 12.3 Å². The SMILES string of the molecule is CO[N+](=O)c1cc(Cl)cc(CO)c1. The normalized spacial score (nSPS) is 9.77. The summed E-state index contributed by atoms with van der Waals surface area (Å²) in [6.45, 7) is -0.162. The second-order valence-electron chi connectivity index (χ2n) is 2.42. The number of hydrogen-bond donors (Lipinski definition) is 1. The Morgan fingerprint density at radius 1 is 1.54 bits per heavy atom. The van der Waals surface area contributed by atoms with Crippen molar-refractivity contribution in [3.63, 3.8) is 0 Å². The lowest BCUT2D eigenvalue weighted by Crippen LogP contribution is -1.98. The van der Waals surface area contributed by atoms with Crippen molar-refractivity contribution in [3.8, 4) is 0 Å². The van der Waals surface area contributed by atoms with Crippen molar-refractivity contribution in [3.05, 3.63) is 33.7 Å². The van der Waals surface area contributed by atoms with Gasteiger partial charge >= 0.3 is 5.69 Å². The van der Waals surface area contributed by atoms with Gasteiger partial charge < -0.3 is 5.11 Å². The van der Waals surface area contributed by atoms with Crippen LogP contribution in [0.4, 0.5) is 5.69 Å². The molecular weight excluding hydrogens is 194 g/mol. The Balaban J connectivity index is 3.08. The molecule has 0 heterocycles. The van der Waals surface area contributed by atoms with Crippen molar-refractivity contribution in [1.82, 2.24) is 0 Å². The minimum atomic E-state index is -0.162. The van der Waals surface area contributed by atoms with Crippen LogP contribution < -0.4 is 0 Å². The highest BCUT2D eigenvalue weighted by atomic mass is 35.5. The number of nitrogens with zero attached hydrogens (tertiary/aromatic N) is 1. The summed E-state index contributed by atoms with van der Waals surface area (Å²) >= 11 is 5.70. The number of aliphatic hydroxyl groups is 1. The van der Waals surface area contributed by atoms with Crippen LogP contribution in [-0.4, -0.2) is 17.1 Å². The molecule has 0 amide bonds. The smallest absolute Gasteiger partial charge is 0.318 e. The van der Waals surface area contributed by atoms with Crippen molar-refractivity contribution < 1.29 is 14.9 Å². The Hall–Kier alpha value is -1.13. The molecule has 13 heavy (non-hydrogen) atoms. The first-order chi connectivity index (χ1) is 6.17. The van der Waals surface area contributed by atoms with Gasteiger partial charge in [0.2, 0.25) is 0 Å². The third kappa shape index (κ3) is 2.40. The van der Waals surface area contributed by atoms with E-state index in [2.05, 4.69) is 4.84 Å². The van der Waals surface area contributed by atoms with Crippen LogP contribution in [0.1, 0.15) is 5.56 Å². The fourth-order valence-corrected chi connectivity index (χ4v) is 1.19. The van der Waals surface area contributed by atoms with Gasteiger partial charge in [0.25, 0.3) is 4.92 Å². The van der Waals surface area contributed by atoms with Crippen LogP contribution in [0, 0.1) is 4.91 Å². The fraction of sp³-hybridized carbons (Fsp3) is 0.250. The molecule has 5 heteroatoms. The van der Waals surface area contributed by atoms with Crippen LogP contribution in [0.25, 0.3) is 0 Å². The first-order valence-electron chi connectivity index (χ1n) is 3.59. The van der Waals surface area contributed by atoms with Crippen LogP contribution in [0.2, 0.25) is 5.02 Å². The van der Waals surface area contributed by atoms with Crippen LogP contribution >= 0.6 is 11.6 Å². The molecule has 1 N–H and O–H groups in total. The molecule has 0 radical (unpaired) electrons. The van der Waals surface area contributed by atoms with Gasteiger partial charge in [-0.15, -0.1) is 0 Å². The molecule has 0 aliphatic carbocycles. The second-order valence-corrected chi connectivity index (χ2v) is 2.85. The molecule has 0 atom stereocenters. The van der Waals surface area contributed by atoms with Crippen molar-refractivity contribution in [2.24, 2.45) is 0 Å². The summed E-state index contributed by atoms with van der Waals surface area (Å²) in [6, 6.07) is 4.54. The lowest BCUT2D eigenvalue weighted by molar-refractivity contribution is -0.736. The number of halogens is 1. The summed E-state index contributed by atoms with van der Waals surface area (Å²) < 4.78 is 0. The van der Waals surface area contributed by atoms with E-state index in [0.29, 0.717) is 15.5 Å². The molecule has 0 aromatic heterocycles. The minimum absolute atomic E-state index is 0.162. The number of benzene rings is 1. The molecule has 0 aliphatic rings. The largest absolute Gasteiger partial charge is 0.392 e. The van der Waals surface area contributed by atoms with Gasteiger partial charge in [-0.2, -0.15) is 0 Å². The van der Waals surface area contributed by atoms with Gasteiger partial charge in [0.05, 0.1) is 11.5 Å². The summed E-state index contributed by atoms with van der Waals surface area (Å²) in [5.41, 5.74) is 0.833. The maximum atomic E-state index is 11.0. The number of hydrogen-bond acceptors (Lipinski definition) is 3. The topological polar surface area (TPSA) is 49.5 Å². The molecule has 0 saturated heterocycles. The Kier molecular flexibility index (Phi) is 3.22. The van der Waals surface area contributed by atoms with E-state index < -0.39 is 0 Å². The van der Waals surface area contributed by atoms with Crippen molar-refractivity contribution in [2.45, 2.75) is 6.61 Å². The van der Waals surface area contributed by atoms with E-state index in [1.807, 2.05) is 0 Å². The fourth-order valence-electron chi connectivity index (χ4n) is 0.935. The Morgan fingerprint density at radius 3 is 2.77 bits per heavy atom. The highest BCUT2D eigenvalue weighted by Crippen LogP contribution is 2.21. The highest BCUT2D eigenvalue weighted by Gasteiger charge is 2.15. The van der Waals surface area contributed by atoms with E-state index in [1.54, 1.807) is 6.07 Å². The van der Waals surface area contributed by atoms with Crippen LogP contribution in [0.5, 0.6) is 0 Å². The monoisotopic (exact) mass is 202 g/mol. The van der Waals surface area contributed by atoms with Crippen LogP contribution in [0.15, 0.2) is 18.2 Å². The zero-order valence-electron chi connectivity index (χ0n) is 7.03. The molecular formula is C8H9ClNO3+. The van der Waals surface area contributed by atoms with Gasteiger partial charge in [-0.1, -0.05) is 11.6 Å². The number of aliphatic hydroxyl groups excluding tert-OH is 1. The molecule has 0 unspecified atom stereocenters. The van der Waals surface area contributed by atoms with E-state index in [4.69, 9.17) is 16.7 Å². The van der Waals surface area contributed by atoms with Gasteiger partial charge in [-0.05, 0) is 11.6 Å². The maximum Gasteiger partial charge on any atom is 0.318 e. The minimum Gasteiger partial charge on any atom is -0.392 e. The standard InChI is InChI=1S/C8H9ClNO3/c1-13-10(12)8-3-6(5-11)2-7(9)4-8/h2-4,11H,5H2,1H3/q+1. The summed E-state index contributed by atoms with van der Waals surface area (Å²) in [4.78, 5) is 15.7. The molecule has 0 bridgehead atoms. The molecule has 0 fully saturated rings. The van der Waals surface area contributed by atoms with Crippen LogP contribution in [0.3, 0.4) is 0 Å². The number of rotatable bonds is 3. The van der Waals surface area contributed by atoms with E-state index >= 15 is 0 Å². The first kappa shape index (κ1) is 9.95. The van der Waals surface area contributed by atoms with E-state index in [1.165, 1.54) is 19.2 Å². The molecule has 0 spiro atoms. The lowest BCUT2D eigenvalue weighted by Gasteiger charge is -1.96. The van der Waals surface area contributed by atoms with Gasteiger partial charge in [-0.3, -0.25) is 0 Å². The molecule has 0 aliphatic heterocycles. The van der Waals surface area contributed by atoms with E-state index in [9.17, 15) is 4.91 Å². The molecule has 70 valence electrons. The Bertz CT molecular complexity index is 327. The highest BCUT2D eigenvalue weighted by molar-refractivity contribution is 6.30. The van der Waals surface area contributed by atoms with Crippen LogP contribution in [-0.2, 0) is 11.4 Å². The van der Waals surface area contributed by atoms with Gasteiger partial charge in [0.15, 0.2) is 7.11 Å². The lowest BCUT2D eigenvalue weighted by atomic mass is 10.2. The predicted molar refractivity (Wildman–Crippen MR) is 47.7 cm³/mol. The van der Waals surface area contributed by atoms with Gasteiger partial charge in [0, 0.05) is 17.2 Å². The molecule has 4 nitrogen and oxygen atoms in total. The maximum absolute atomic E-state index is 11.0. The first-order valence-corrected chi connectivity index (χ1v) is 3.97. The van der Waals surface area contributed by atoms with Crippen molar-refractivity contribution in [2.75, 3.05) is 7.11 Å². The molecule has 1 rings (SSSR count). The predicted octanol–water partition coefficient (Wildman–Crippen LogP) is 1.80. The average Bonchev–Trinajstić information content (AvgIpc) is 2.15. The summed E-state index contributed by atoms with van der Waals surface area (Å²) in [5, 5.41) is 9.21. The second kappa shape index (κ2) is 4.20. The third-order valence-electron chi connectivity index (χ3n) is 1.50. The third-order valence-corrected chi connectivity index (χ3v) is 1.72. The Morgan fingerprint density at radius 2 is 2.23 bits per heavy atom. The molecule has 0 saturated carbocycles. The quantitative estimate of drug-likeness (QED) is 0.761. The zero-order valence-corrected chi connectivity index (χ0v) is 7.78. The van der Waals surface area contributed by atoms with E-state index in [0.717, 1.165) is 0 Å². The molecule has 1 aromatic carbocycles. The van der Waals surface area contributed by atoms with Gasteiger partial charge in [-0.25, -0.2) is 4.84 Å². The van der Waals surface area contributed by atoms with Crippen molar-refractivity contribution in [1.29, 1.82) is 0 Å².